The lowest BCUT2D eigenvalue weighted by atomic mass is 9.98. The summed E-state index contributed by atoms with van der Waals surface area (Å²) in [5, 5.41) is 1.00. The molecule has 0 aliphatic rings. The van der Waals surface area contributed by atoms with Gasteiger partial charge in [0.25, 0.3) is 0 Å². The van der Waals surface area contributed by atoms with Gasteiger partial charge in [0.15, 0.2) is 0 Å². The van der Waals surface area contributed by atoms with Crippen LogP contribution < -0.4 is 0 Å². The molecule has 1 nitrogen and oxygen atoms in total. The van der Waals surface area contributed by atoms with E-state index in [1.807, 2.05) is 0 Å². The average Bonchev–Trinajstić information content (AvgIpc) is 2.30. The molecule has 0 aromatic heterocycles. The van der Waals surface area contributed by atoms with E-state index in [4.69, 9.17) is 4.74 Å². The highest BCUT2D eigenvalue weighted by molar-refractivity contribution is 9.09. The van der Waals surface area contributed by atoms with Crippen LogP contribution in [0.3, 0.4) is 0 Å². The SMILES string of the molecule is CC(C)COCCC(CBr)c1ccccc1. The molecule has 0 amide bonds. The highest BCUT2D eigenvalue weighted by atomic mass is 79.9. The number of hydrogen-bond acceptors (Lipinski definition) is 1. The zero-order valence-electron chi connectivity index (χ0n) is 10.2. The summed E-state index contributed by atoms with van der Waals surface area (Å²) in [7, 11) is 0. The van der Waals surface area contributed by atoms with Gasteiger partial charge in [-0.3, -0.25) is 0 Å². The summed E-state index contributed by atoms with van der Waals surface area (Å²) in [6.07, 6.45) is 1.09. The van der Waals surface area contributed by atoms with E-state index in [1.54, 1.807) is 0 Å². The minimum Gasteiger partial charge on any atom is -0.381 e. The van der Waals surface area contributed by atoms with Crippen LogP contribution in [0.15, 0.2) is 30.3 Å². The van der Waals surface area contributed by atoms with Gasteiger partial charge >= 0.3 is 0 Å². The minimum atomic E-state index is 0.563. The molecule has 1 rings (SSSR count). The molecular weight excluding hydrogens is 264 g/mol. The fourth-order valence-corrected chi connectivity index (χ4v) is 2.30. The lowest BCUT2D eigenvalue weighted by Gasteiger charge is -2.15. The second-order valence-electron chi connectivity index (χ2n) is 4.52. The largest absolute Gasteiger partial charge is 0.381 e. The summed E-state index contributed by atoms with van der Waals surface area (Å²) in [6, 6.07) is 10.6. The molecule has 90 valence electrons. The van der Waals surface area contributed by atoms with Gasteiger partial charge in [-0.2, -0.15) is 0 Å². The van der Waals surface area contributed by atoms with Crippen LogP contribution >= 0.6 is 15.9 Å². The second kappa shape index (κ2) is 7.86. The number of benzene rings is 1. The molecule has 0 saturated carbocycles. The van der Waals surface area contributed by atoms with Crippen molar-refractivity contribution in [2.45, 2.75) is 26.2 Å². The van der Waals surface area contributed by atoms with Crippen LogP contribution in [-0.2, 0) is 4.74 Å². The molecule has 0 radical (unpaired) electrons. The fourth-order valence-electron chi connectivity index (χ4n) is 1.60. The summed E-state index contributed by atoms with van der Waals surface area (Å²) in [5.74, 6) is 1.19. The van der Waals surface area contributed by atoms with E-state index in [-0.39, 0.29) is 0 Å². The second-order valence-corrected chi connectivity index (χ2v) is 5.17. The summed E-state index contributed by atoms with van der Waals surface area (Å²) in [5.41, 5.74) is 1.40. The zero-order valence-corrected chi connectivity index (χ0v) is 11.7. The normalized spacial score (nSPS) is 13.0. The molecule has 1 aromatic rings. The van der Waals surface area contributed by atoms with E-state index in [1.165, 1.54) is 5.56 Å². The maximum absolute atomic E-state index is 5.63. The molecule has 0 bridgehead atoms. The molecule has 1 unspecified atom stereocenters. The van der Waals surface area contributed by atoms with Gasteiger partial charge in [-0.15, -0.1) is 0 Å². The summed E-state index contributed by atoms with van der Waals surface area (Å²) in [6.45, 7) is 6.07. The van der Waals surface area contributed by atoms with E-state index in [0.29, 0.717) is 11.8 Å². The third-order valence-corrected chi connectivity index (χ3v) is 3.30. The van der Waals surface area contributed by atoms with Crippen LogP contribution in [0.1, 0.15) is 31.7 Å². The van der Waals surface area contributed by atoms with Crippen molar-refractivity contribution in [2.24, 2.45) is 5.92 Å². The number of alkyl halides is 1. The van der Waals surface area contributed by atoms with Crippen molar-refractivity contribution in [2.75, 3.05) is 18.5 Å². The van der Waals surface area contributed by atoms with Gasteiger partial charge in [-0.1, -0.05) is 60.1 Å². The maximum Gasteiger partial charge on any atom is 0.0488 e. The number of rotatable bonds is 7. The van der Waals surface area contributed by atoms with E-state index in [2.05, 4.69) is 60.1 Å². The molecule has 0 fully saturated rings. The quantitative estimate of drug-likeness (QED) is 0.538. The first-order chi connectivity index (χ1) is 7.74. The maximum atomic E-state index is 5.63. The first kappa shape index (κ1) is 13.7. The van der Waals surface area contributed by atoms with Gasteiger partial charge in [-0.05, 0) is 23.8 Å². The van der Waals surface area contributed by atoms with Gasteiger partial charge in [0, 0.05) is 18.5 Å². The van der Waals surface area contributed by atoms with Crippen LogP contribution in [0.2, 0.25) is 0 Å². The number of halogens is 1. The molecule has 2 heteroatoms. The lowest BCUT2D eigenvalue weighted by Crippen LogP contribution is -2.08. The van der Waals surface area contributed by atoms with E-state index < -0.39 is 0 Å². The highest BCUT2D eigenvalue weighted by Crippen LogP contribution is 2.21. The van der Waals surface area contributed by atoms with E-state index in [9.17, 15) is 0 Å². The smallest absolute Gasteiger partial charge is 0.0488 e. The lowest BCUT2D eigenvalue weighted by molar-refractivity contribution is 0.105. The molecule has 0 aliphatic carbocycles. The fraction of sp³-hybridized carbons (Fsp3) is 0.571. The average molecular weight is 285 g/mol. The Morgan fingerprint density at radius 2 is 1.88 bits per heavy atom. The highest BCUT2D eigenvalue weighted by Gasteiger charge is 2.09. The minimum absolute atomic E-state index is 0.563. The van der Waals surface area contributed by atoms with Crippen LogP contribution in [0, 0.1) is 5.92 Å². The first-order valence-corrected chi connectivity index (χ1v) is 7.04. The van der Waals surface area contributed by atoms with E-state index >= 15 is 0 Å². The number of ether oxygens (including phenoxy) is 1. The Morgan fingerprint density at radius 3 is 2.44 bits per heavy atom. The molecule has 1 aromatic carbocycles. The number of hydrogen-bond donors (Lipinski definition) is 0. The molecule has 1 atom stereocenters. The third-order valence-electron chi connectivity index (χ3n) is 2.52. The molecule has 0 heterocycles. The summed E-state index contributed by atoms with van der Waals surface area (Å²) < 4.78 is 5.63. The van der Waals surface area contributed by atoms with Gasteiger partial charge in [0.05, 0.1) is 0 Å². The Morgan fingerprint density at radius 1 is 1.19 bits per heavy atom. The first-order valence-electron chi connectivity index (χ1n) is 5.92. The molecular formula is C14H21BrO. The van der Waals surface area contributed by atoms with Crippen LogP contribution in [-0.4, -0.2) is 18.5 Å². The predicted octanol–water partition coefficient (Wildman–Crippen LogP) is 4.23. The van der Waals surface area contributed by atoms with Crippen LogP contribution in [0.25, 0.3) is 0 Å². The van der Waals surface area contributed by atoms with Crippen molar-refractivity contribution in [3.05, 3.63) is 35.9 Å². The Balaban J connectivity index is 2.33. The molecule has 16 heavy (non-hydrogen) atoms. The Kier molecular flexibility index (Phi) is 6.74. The van der Waals surface area contributed by atoms with Crippen molar-refractivity contribution >= 4 is 15.9 Å². The van der Waals surface area contributed by atoms with Gasteiger partial charge in [-0.25, -0.2) is 0 Å². The van der Waals surface area contributed by atoms with Crippen LogP contribution in [0.5, 0.6) is 0 Å². The molecule has 0 spiro atoms. The van der Waals surface area contributed by atoms with Crippen molar-refractivity contribution in [3.8, 4) is 0 Å². The van der Waals surface area contributed by atoms with Gasteiger partial charge in [0.1, 0.15) is 0 Å². The van der Waals surface area contributed by atoms with Crippen molar-refractivity contribution < 1.29 is 4.74 Å². The Bertz CT molecular complexity index is 271. The van der Waals surface area contributed by atoms with Gasteiger partial charge < -0.3 is 4.74 Å². The van der Waals surface area contributed by atoms with E-state index in [0.717, 1.165) is 25.0 Å². The van der Waals surface area contributed by atoms with Crippen LogP contribution in [0.4, 0.5) is 0 Å². The molecule has 0 saturated heterocycles. The predicted molar refractivity (Wildman–Crippen MR) is 73.3 cm³/mol. The standard InChI is InChI=1S/C14H21BrO/c1-12(2)11-16-9-8-14(10-15)13-6-4-3-5-7-13/h3-7,12,14H,8-11H2,1-2H3. The Labute approximate surface area is 107 Å². The molecule has 0 N–H and O–H groups in total. The van der Waals surface area contributed by atoms with Crippen molar-refractivity contribution in [3.63, 3.8) is 0 Å². The molecule has 0 aliphatic heterocycles. The van der Waals surface area contributed by atoms with Gasteiger partial charge in [0.2, 0.25) is 0 Å². The van der Waals surface area contributed by atoms with Crippen molar-refractivity contribution in [1.82, 2.24) is 0 Å². The Hall–Kier alpha value is -0.340. The zero-order chi connectivity index (χ0) is 11.8. The monoisotopic (exact) mass is 284 g/mol. The topological polar surface area (TPSA) is 9.23 Å². The summed E-state index contributed by atoms with van der Waals surface area (Å²) in [4.78, 5) is 0. The summed E-state index contributed by atoms with van der Waals surface area (Å²) >= 11 is 3.58. The van der Waals surface area contributed by atoms with Crippen molar-refractivity contribution in [1.29, 1.82) is 0 Å². The third kappa shape index (κ3) is 5.13.